The van der Waals surface area contributed by atoms with E-state index in [0.29, 0.717) is 13.0 Å². The van der Waals surface area contributed by atoms with Gasteiger partial charge in [0.15, 0.2) is 0 Å². The number of sulfonamides is 1. The fourth-order valence-electron chi connectivity index (χ4n) is 2.14. The molecule has 1 fully saturated rings. The molecule has 1 unspecified atom stereocenters. The molecular formula is C13H18N2O3S. The van der Waals surface area contributed by atoms with E-state index in [1.807, 2.05) is 0 Å². The number of carbonyl (C=O) groups is 1. The van der Waals surface area contributed by atoms with E-state index >= 15 is 0 Å². The third-order valence-corrected chi connectivity index (χ3v) is 4.70. The van der Waals surface area contributed by atoms with Crippen molar-refractivity contribution in [1.82, 2.24) is 10.0 Å². The highest BCUT2D eigenvalue weighted by Crippen LogP contribution is 2.24. The van der Waals surface area contributed by atoms with Gasteiger partial charge >= 0.3 is 0 Å². The Bertz CT molecular complexity index is 564. The Kier molecular flexibility index (Phi) is 3.91. The fraction of sp³-hybridized carbons (Fsp3) is 0.462. The van der Waals surface area contributed by atoms with Crippen LogP contribution in [0.2, 0.25) is 0 Å². The van der Waals surface area contributed by atoms with Gasteiger partial charge in [0, 0.05) is 24.9 Å². The lowest BCUT2D eigenvalue weighted by Crippen LogP contribution is -2.30. The lowest BCUT2D eigenvalue weighted by Gasteiger charge is -2.11. The lowest BCUT2D eigenvalue weighted by atomic mass is 9.99. The molecule has 0 radical (unpaired) electrons. The summed E-state index contributed by atoms with van der Waals surface area (Å²) in [6, 6.07) is 6.59. The van der Waals surface area contributed by atoms with Crippen LogP contribution < -0.4 is 10.0 Å². The van der Waals surface area contributed by atoms with Gasteiger partial charge in [-0.2, -0.15) is 0 Å². The molecule has 0 bridgehead atoms. The van der Waals surface area contributed by atoms with Crippen molar-refractivity contribution in [2.24, 2.45) is 0 Å². The molecule has 1 aromatic carbocycles. The number of benzene rings is 1. The topological polar surface area (TPSA) is 75.3 Å². The molecule has 1 heterocycles. The zero-order chi connectivity index (χ0) is 14.0. The highest BCUT2D eigenvalue weighted by atomic mass is 32.2. The van der Waals surface area contributed by atoms with Gasteiger partial charge in [-0.05, 0) is 31.5 Å². The molecule has 1 aliphatic rings. The first-order valence-electron chi connectivity index (χ1n) is 6.27. The zero-order valence-corrected chi connectivity index (χ0v) is 11.8. The second kappa shape index (κ2) is 5.30. The monoisotopic (exact) mass is 282 g/mol. The number of amides is 1. The third kappa shape index (κ3) is 3.33. The van der Waals surface area contributed by atoms with Crippen LogP contribution in [0.1, 0.15) is 31.7 Å². The van der Waals surface area contributed by atoms with E-state index in [9.17, 15) is 13.2 Å². The smallest absolute Gasteiger partial charge is 0.240 e. The number of carbonyl (C=O) groups excluding carboxylic acids is 1. The first-order valence-corrected chi connectivity index (χ1v) is 7.76. The largest absolute Gasteiger partial charge is 0.355 e. The summed E-state index contributed by atoms with van der Waals surface area (Å²) >= 11 is 0. The van der Waals surface area contributed by atoms with Crippen LogP contribution in [0.5, 0.6) is 0 Å². The van der Waals surface area contributed by atoms with Crippen molar-refractivity contribution in [2.75, 3.05) is 6.54 Å². The van der Waals surface area contributed by atoms with Gasteiger partial charge in [-0.25, -0.2) is 13.1 Å². The van der Waals surface area contributed by atoms with Crippen LogP contribution in [0.15, 0.2) is 29.2 Å². The van der Waals surface area contributed by atoms with Gasteiger partial charge in [-0.3, -0.25) is 4.79 Å². The molecule has 104 valence electrons. The summed E-state index contributed by atoms with van der Waals surface area (Å²) in [5.74, 6) is 0.186. The van der Waals surface area contributed by atoms with Gasteiger partial charge < -0.3 is 5.32 Å². The van der Waals surface area contributed by atoms with E-state index in [-0.39, 0.29) is 22.8 Å². The van der Waals surface area contributed by atoms with Crippen LogP contribution in [0.4, 0.5) is 0 Å². The predicted octanol–water partition coefficient (Wildman–Crippen LogP) is 0.977. The van der Waals surface area contributed by atoms with Gasteiger partial charge in [-0.1, -0.05) is 12.1 Å². The Morgan fingerprint density at radius 2 is 1.89 bits per heavy atom. The van der Waals surface area contributed by atoms with Crippen LogP contribution in [0, 0.1) is 0 Å². The van der Waals surface area contributed by atoms with Crippen molar-refractivity contribution in [3.05, 3.63) is 29.8 Å². The maximum Gasteiger partial charge on any atom is 0.240 e. The van der Waals surface area contributed by atoms with Gasteiger partial charge in [0.05, 0.1) is 4.90 Å². The van der Waals surface area contributed by atoms with Crippen LogP contribution in [0.3, 0.4) is 0 Å². The second-order valence-electron chi connectivity index (χ2n) is 5.05. The number of rotatable bonds is 4. The Morgan fingerprint density at radius 3 is 2.37 bits per heavy atom. The van der Waals surface area contributed by atoms with E-state index in [4.69, 9.17) is 0 Å². The van der Waals surface area contributed by atoms with Gasteiger partial charge in [0.1, 0.15) is 0 Å². The molecule has 2 rings (SSSR count). The minimum atomic E-state index is -3.44. The minimum absolute atomic E-state index is 0.0446. The van der Waals surface area contributed by atoms with E-state index in [1.54, 1.807) is 38.1 Å². The summed E-state index contributed by atoms with van der Waals surface area (Å²) in [7, 11) is -3.44. The van der Waals surface area contributed by atoms with Crippen molar-refractivity contribution in [1.29, 1.82) is 0 Å². The maximum absolute atomic E-state index is 11.9. The predicted molar refractivity (Wildman–Crippen MR) is 72.3 cm³/mol. The van der Waals surface area contributed by atoms with E-state index < -0.39 is 10.0 Å². The van der Waals surface area contributed by atoms with E-state index in [0.717, 1.165) is 5.56 Å². The van der Waals surface area contributed by atoms with Crippen molar-refractivity contribution in [2.45, 2.75) is 37.1 Å². The SMILES string of the molecule is CC(C)NS(=O)(=O)c1ccc(C2CNC(=O)C2)cc1. The average molecular weight is 282 g/mol. The second-order valence-corrected chi connectivity index (χ2v) is 6.76. The quantitative estimate of drug-likeness (QED) is 0.864. The molecule has 0 spiro atoms. The molecular weight excluding hydrogens is 264 g/mol. The molecule has 1 aromatic rings. The molecule has 6 heteroatoms. The van der Waals surface area contributed by atoms with Crippen LogP contribution >= 0.6 is 0 Å². The van der Waals surface area contributed by atoms with Gasteiger partial charge in [-0.15, -0.1) is 0 Å². The summed E-state index contributed by atoms with van der Waals surface area (Å²) in [6.45, 7) is 4.18. The van der Waals surface area contributed by atoms with Gasteiger partial charge in [0.2, 0.25) is 15.9 Å². The molecule has 0 aromatic heterocycles. The maximum atomic E-state index is 11.9. The summed E-state index contributed by atoms with van der Waals surface area (Å²) < 4.78 is 26.4. The number of nitrogens with one attached hydrogen (secondary N) is 2. The highest BCUT2D eigenvalue weighted by molar-refractivity contribution is 7.89. The van der Waals surface area contributed by atoms with Crippen LogP contribution in [-0.4, -0.2) is 26.9 Å². The van der Waals surface area contributed by atoms with Gasteiger partial charge in [0.25, 0.3) is 0 Å². The van der Waals surface area contributed by atoms with Crippen LogP contribution in [-0.2, 0) is 14.8 Å². The summed E-state index contributed by atoms with van der Waals surface area (Å²) in [4.78, 5) is 11.4. The molecule has 1 aliphatic heterocycles. The number of hydrogen-bond acceptors (Lipinski definition) is 3. The Labute approximate surface area is 113 Å². The molecule has 1 atom stereocenters. The molecule has 0 aliphatic carbocycles. The molecule has 1 amide bonds. The first kappa shape index (κ1) is 14.0. The molecule has 2 N–H and O–H groups in total. The summed E-state index contributed by atoms with van der Waals surface area (Å²) in [5.41, 5.74) is 0.988. The van der Waals surface area contributed by atoms with E-state index in [1.165, 1.54) is 0 Å². The normalized spacial score (nSPS) is 19.7. The highest BCUT2D eigenvalue weighted by Gasteiger charge is 2.23. The summed E-state index contributed by atoms with van der Waals surface area (Å²) in [5, 5.41) is 2.77. The Morgan fingerprint density at radius 1 is 1.26 bits per heavy atom. The Hall–Kier alpha value is -1.40. The van der Waals surface area contributed by atoms with E-state index in [2.05, 4.69) is 10.0 Å². The lowest BCUT2D eigenvalue weighted by molar-refractivity contribution is -0.119. The fourth-order valence-corrected chi connectivity index (χ4v) is 3.39. The standard InChI is InChI=1S/C13H18N2O3S/c1-9(2)15-19(17,18)12-5-3-10(4-6-12)11-7-13(16)14-8-11/h3-6,9,11,15H,7-8H2,1-2H3,(H,14,16). The third-order valence-electron chi connectivity index (χ3n) is 3.03. The Balaban J connectivity index is 2.17. The van der Waals surface area contributed by atoms with Crippen molar-refractivity contribution < 1.29 is 13.2 Å². The van der Waals surface area contributed by atoms with Crippen molar-refractivity contribution >= 4 is 15.9 Å². The molecule has 5 nitrogen and oxygen atoms in total. The van der Waals surface area contributed by atoms with Crippen molar-refractivity contribution in [3.63, 3.8) is 0 Å². The average Bonchev–Trinajstić information content (AvgIpc) is 2.74. The van der Waals surface area contributed by atoms with Crippen molar-refractivity contribution in [3.8, 4) is 0 Å². The van der Waals surface area contributed by atoms with Crippen LogP contribution in [0.25, 0.3) is 0 Å². The molecule has 1 saturated heterocycles. The first-order chi connectivity index (χ1) is 8.88. The summed E-state index contributed by atoms with van der Waals surface area (Å²) in [6.07, 6.45) is 0.469. The minimum Gasteiger partial charge on any atom is -0.355 e. The number of hydrogen-bond donors (Lipinski definition) is 2. The zero-order valence-electron chi connectivity index (χ0n) is 11.0. The molecule has 19 heavy (non-hydrogen) atoms. The molecule has 0 saturated carbocycles.